The van der Waals surface area contributed by atoms with E-state index in [4.69, 9.17) is 0 Å². The Morgan fingerprint density at radius 1 is 1.60 bits per heavy atom. The first-order valence-electron chi connectivity index (χ1n) is 4.83. The van der Waals surface area contributed by atoms with Gasteiger partial charge in [-0.1, -0.05) is 6.92 Å². The number of thiazole rings is 1. The normalized spacial score (nSPS) is 14.0. The Kier molecular flexibility index (Phi) is 4.69. The van der Waals surface area contributed by atoms with Crippen molar-refractivity contribution in [2.24, 2.45) is 0 Å². The zero-order valence-electron chi connectivity index (χ0n) is 8.93. The van der Waals surface area contributed by atoms with Gasteiger partial charge in [0.25, 0.3) is 0 Å². The molecule has 1 rings (SSSR count). The molecule has 1 N–H and O–H groups in total. The van der Waals surface area contributed by atoms with Gasteiger partial charge in [-0.25, -0.2) is 13.4 Å². The van der Waals surface area contributed by atoms with E-state index in [1.807, 2.05) is 5.38 Å². The number of nitrogens with zero attached hydrogens (tertiary/aromatic N) is 1. The van der Waals surface area contributed by atoms with E-state index in [1.54, 1.807) is 17.5 Å². The molecule has 0 aliphatic carbocycles. The van der Waals surface area contributed by atoms with Crippen molar-refractivity contribution in [2.45, 2.75) is 19.4 Å². The predicted molar refractivity (Wildman–Crippen MR) is 62.9 cm³/mol. The molecule has 0 aromatic carbocycles. The molecular weight excluding hydrogens is 232 g/mol. The Morgan fingerprint density at radius 3 is 2.80 bits per heavy atom. The number of hydrogen-bond acceptors (Lipinski definition) is 5. The summed E-state index contributed by atoms with van der Waals surface area (Å²) in [5, 5.41) is 6.14. The highest BCUT2D eigenvalue weighted by Crippen LogP contribution is 2.18. The van der Waals surface area contributed by atoms with Gasteiger partial charge >= 0.3 is 0 Å². The van der Waals surface area contributed by atoms with E-state index in [0.29, 0.717) is 6.54 Å². The van der Waals surface area contributed by atoms with Crippen LogP contribution in [0.15, 0.2) is 11.6 Å². The molecule has 0 aliphatic heterocycles. The van der Waals surface area contributed by atoms with Crippen LogP contribution in [-0.4, -0.2) is 32.0 Å². The Hall–Kier alpha value is -0.460. The van der Waals surface area contributed by atoms with Crippen LogP contribution in [0.5, 0.6) is 0 Å². The summed E-state index contributed by atoms with van der Waals surface area (Å²) in [4.78, 5) is 4.21. The minimum atomic E-state index is -2.88. The van der Waals surface area contributed by atoms with Crippen LogP contribution >= 0.6 is 11.3 Å². The lowest BCUT2D eigenvalue weighted by Gasteiger charge is -2.13. The highest BCUT2D eigenvalue weighted by atomic mass is 32.2. The van der Waals surface area contributed by atoms with Crippen molar-refractivity contribution in [3.8, 4) is 0 Å². The SMILES string of the molecule is CCC(NCCS(C)(=O)=O)c1nccs1. The van der Waals surface area contributed by atoms with Crippen LogP contribution in [0.3, 0.4) is 0 Å². The third-order valence-corrected chi connectivity index (χ3v) is 3.86. The molecule has 1 heterocycles. The third kappa shape index (κ3) is 4.72. The van der Waals surface area contributed by atoms with Crippen molar-refractivity contribution in [2.75, 3.05) is 18.6 Å². The molecule has 1 aromatic heterocycles. The van der Waals surface area contributed by atoms with Gasteiger partial charge in [-0.05, 0) is 6.42 Å². The van der Waals surface area contributed by atoms with Gasteiger partial charge in [0.05, 0.1) is 11.8 Å². The van der Waals surface area contributed by atoms with E-state index < -0.39 is 9.84 Å². The lowest BCUT2D eigenvalue weighted by atomic mass is 10.2. The standard InChI is InChI=1S/C9H16N2O2S2/c1-3-8(9-11-4-6-14-9)10-5-7-15(2,12)13/h4,6,8,10H,3,5,7H2,1-2H3. The topological polar surface area (TPSA) is 59.1 Å². The molecule has 1 aromatic rings. The van der Waals surface area contributed by atoms with Gasteiger partial charge in [0.2, 0.25) is 0 Å². The van der Waals surface area contributed by atoms with Crippen LogP contribution in [0.4, 0.5) is 0 Å². The highest BCUT2D eigenvalue weighted by Gasteiger charge is 2.11. The summed E-state index contributed by atoms with van der Waals surface area (Å²) in [5.74, 6) is 0.175. The second kappa shape index (κ2) is 5.58. The minimum Gasteiger partial charge on any atom is -0.307 e. The van der Waals surface area contributed by atoms with Crippen molar-refractivity contribution in [3.63, 3.8) is 0 Å². The van der Waals surface area contributed by atoms with E-state index in [0.717, 1.165) is 11.4 Å². The molecule has 15 heavy (non-hydrogen) atoms. The maximum Gasteiger partial charge on any atom is 0.148 e. The molecular formula is C9H16N2O2S2. The predicted octanol–water partition coefficient (Wildman–Crippen LogP) is 1.23. The molecule has 6 heteroatoms. The maximum atomic E-state index is 10.9. The Balaban J connectivity index is 2.42. The van der Waals surface area contributed by atoms with E-state index in [9.17, 15) is 8.42 Å². The highest BCUT2D eigenvalue weighted by molar-refractivity contribution is 7.90. The summed E-state index contributed by atoms with van der Waals surface area (Å²) in [7, 11) is -2.88. The molecule has 0 saturated carbocycles. The second-order valence-electron chi connectivity index (χ2n) is 3.42. The fourth-order valence-corrected chi connectivity index (χ4v) is 2.52. The van der Waals surface area contributed by atoms with E-state index in [-0.39, 0.29) is 11.8 Å². The number of sulfone groups is 1. The van der Waals surface area contributed by atoms with E-state index in [2.05, 4.69) is 17.2 Å². The van der Waals surface area contributed by atoms with E-state index in [1.165, 1.54) is 6.26 Å². The maximum absolute atomic E-state index is 10.9. The molecule has 0 aliphatic rings. The molecule has 0 bridgehead atoms. The van der Waals surface area contributed by atoms with Crippen molar-refractivity contribution < 1.29 is 8.42 Å². The Labute approximate surface area is 94.7 Å². The van der Waals surface area contributed by atoms with Gasteiger partial charge in [0, 0.05) is 24.4 Å². The molecule has 4 nitrogen and oxygen atoms in total. The quantitative estimate of drug-likeness (QED) is 0.822. The first-order valence-corrected chi connectivity index (χ1v) is 7.77. The van der Waals surface area contributed by atoms with Crippen LogP contribution in [0.2, 0.25) is 0 Å². The molecule has 1 unspecified atom stereocenters. The van der Waals surface area contributed by atoms with Crippen molar-refractivity contribution in [1.29, 1.82) is 0 Å². The summed E-state index contributed by atoms with van der Waals surface area (Å²) in [5.41, 5.74) is 0. The lowest BCUT2D eigenvalue weighted by Crippen LogP contribution is -2.26. The van der Waals surface area contributed by atoms with Gasteiger partial charge in [0.15, 0.2) is 0 Å². The average Bonchev–Trinajstić information content (AvgIpc) is 2.63. The zero-order valence-corrected chi connectivity index (χ0v) is 10.6. The number of rotatable bonds is 6. The summed E-state index contributed by atoms with van der Waals surface area (Å²) in [6, 6.07) is 0.173. The van der Waals surface area contributed by atoms with E-state index >= 15 is 0 Å². The van der Waals surface area contributed by atoms with Crippen LogP contribution in [0.25, 0.3) is 0 Å². The molecule has 0 fully saturated rings. The molecule has 0 amide bonds. The summed E-state index contributed by atoms with van der Waals surface area (Å²) in [6.07, 6.45) is 3.93. The fraction of sp³-hybridized carbons (Fsp3) is 0.667. The van der Waals surface area contributed by atoms with Crippen molar-refractivity contribution in [3.05, 3.63) is 16.6 Å². The number of hydrogen-bond donors (Lipinski definition) is 1. The van der Waals surface area contributed by atoms with Crippen LogP contribution in [-0.2, 0) is 9.84 Å². The van der Waals surface area contributed by atoms with Crippen molar-refractivity contribution >= 4 is 21.2 Å². The Bertz CT molecular complexity index is 373. The molecule has 86 valence electrons. The molecule has 0 saturated heterocycles. The molecule has 1 atom stereocenters. The largest absolute Gasteiger partial charge is 0.307 e. The van der Waals surface area contributed by atoms with Gasteiger partial charge in [0.1, 0.15) is 14.8 Å². The Morgan fingerprint density at radius 2 is 2.33 bits per heavy atom. The first-order chi connectivity index (χ1) is 7.03. The monoisotopic (exact) mass is 248 g/mol. The number of aromatic nitrogens is 1. The summed E-state index contributed by atoms with van der Waals surface area (Å²) < 4.78 is 21.9. The minimum absolute atomic E-state index is 0.173. The van der Waals surface area contributed by atoms with Crippen LogP contribution < -0.4 is 5.32 Å². The average molecular weight is 248 g/mol. The summed E-state index contributed by atoms with van der Waals surface area (Å²) >= 11 is 1.59. The summed E-state index contributed by atoms with van der Waals surface area (Å²) in [6.45, 7) is 2.54. The van der Waals surface area contributed by atoms with Crippen LogP contribution in [0, 0.1) is 0 Å². The molecule has 0 spiro atoms. The van der Waals surface area contributed by atoms with Gasteiger partial charge in [-0.2, -0.15) is 0 Å². The lowest BCUT2D eigenvalue weighted by molar-refractivity contribution is 0.530. The number of nitrogens with one attached hydrogen (secondary N) is 1. The zero-order chi connectivity index (χ0) is 11.3. The molecule has 0 radical (unpaired) electrons. The first kappa shape index (κ1) is 12.6. The third-order valence-electron chi connectivity index (χ3n) is 2.02. The van der Waals surface area contributed by atoms with Crippen molar-refractivity contribution in [1.82, 2.24) is 10.3 Å². The van der Waals surface area contributed by atoms with Gasteiger partial charge in [-0.3, -0.25) is 0 Å². The smallest absolute Gasteiger partial charge is 0.148 e. The van der Waals surface area contributed by atoms with Gasteiger partial charge < -0.3 is 5.32 Å². The van der Waals surface area contributed by atoms with Crippen LogP contribution in [0.1, 0.15) is 24.4 Å². The second-order valence-corrected chi connectivity index (χ2v) is 6.60. The fourth-order valence-electron chi connectivity index (χ4n) is 1.23. The van der Waals surface area contributed by atoms with Gasteiger partial charge in [-0.15, -0.1) is 11.3 Å².